The second kappa shape index (κ2) is 6.30. The molecular weight excluding hydrogens is 284 g/mol. The van der Waals surface area contributed by atoms with E-state index < -0.39 is 0 Å². The van der Waals surface area contributed by atoms with E-state index in [2.05, 4.69) is 10.1 Å². The summed E-state index contributed by atoms with van der Waals surface area (Å²) in [4.78, 5) is 18.5. The molecule has 6 heteroatoms. The molecule has 0 saturated carbocycles. The van der Waals surface area contributed by atoms with Crippen LogP contribution in [0.2, 0.25) is 0 Å². The summed E-state index contributed by atoms with van der Waals surface area (Å²) in [5, 5.41) is 4.92. The van der Waals surface area contributed by atoms with E-state index in [1.807, 2.05) is 42.2 Å². The van der Waals surface area contributed by atoms with Gasteiger partial charge in [0.2, 0.25) is 11.1 Å². The quantitative estimate of drug-likeness (QED) is 0.814. The summed E-state index contributed by atoms with van der Waals surface area (Å²) in [6, 6.07) is 9.84. The standard InChI is InChI=1S/C15H18N4OS/c1-12(14(20)18-9-5-6-10-18)21-15-16-11-19(17-15)13-7-3-2-4-8-13/h2-4,7-8,11-12H,5-6,9-10H2,1H3. The number of likely N-dealkylation sites (tertiary alicyclic amines) is 1. The van der Waals surface area contributed by atoms with E-state index in [4.69, 9.17) is 0 Å². The monoisotopic (exact) mass is 302 g/mol. The Bertz CT molecular complexity index is 607. The Hall–Kier alpha value is -1.82. The van der Waals surface area contributed by atoms with Crippen LogP contribution >= 0.6 is 11.8 Å². The lowest BCUT2D eigenvalue weighted by atomic mass is 10.3. The molecule has 1 aliphatic heterocycles. The predicted molar refractivity (Wildman–Crippen MR) is 82.5 cm³/mol. The predicted octanol–water partition coefficient (Wildman–Crippen LogP) is 2.37. The van der Waals surface area contributed by atoms with E-state index >= 15 is 0 Å². The summed E-state index contributed by atoms with van der Waals surface area (Å²) >= 11 is 1.42. The Morgan fingerprint density at radius 1 is 1.24 bits per heavy atom. The zero-order valence-electron chi connectivity index (χ0n) is 12.0. The van der Waals surface area contributed by atoms with Crippen LogP contribution < -0.4 is 0 Å². The number of carbonyl (C=O) groups excluding carboxylic acids is 1. The van der Waals surface area contributed by atoms with Crippen molar-refractivity contribution in [3.8, 4) is 5.69 Å². The van der Waals surface area contributed by atoms with E-state index in [1.54, 1.807) is 11.0 Å². The van der Waals surface area contributed by atoms with Crippen LogP contribution in [-0.4, -0.2) is 43.9 Å². The maximum Gasteiger partial charge on any atom is 0.235 e. The maximum atomic E-state index is 12.3. The Morgan fingerprint density at radius 2 is 1.95 bits per heavy atom. The van der Waals surface area contributed by atoms with Gasteiger partial charge in [0.15, 0.2) is 0 Å². The molecule has 0 aliphatic carbocycles. The number of benzene rings is 1. The minimum absolute atomic E-state index is 0.144. The van der Waals surface area contributed by atoms with Crippen molar-refractivity contribution in [2.75, 3.05) is 13.1 Å². The molecule has 1 aromatic carbocycles. The minimum atomic E-state index is -0.144. The van der Waals surface area contributed by atoms with Crippen LogP contribution in [0.4, 0.5) is 0 Å². The summed E-state index contributed by atoms with van der Waals surface area (Å²) in [6.07, 6.45) is 3.92. The van der Waals surface area contributed by atoms with Gasteiger partial charge in [-0.25, -0.2) is 9.67 Å². The molecule has 1 unspecified atom stereocenters. The van der Waals surface area contributed by atoms with Gasteiger partial charge in [0.05, 0.1) is 10.9 Å². The van der Waals surface area contributed by atoms with E-state index in [0.29, 0.717) is 5.16 Å². The first-order valence-corrected chi connectivity index (χ1v) is 8.04. The summed E-state index contributed by atoms with van der Waals surface area (Å²) in [5.41, 5.74) is 0.968. The zero-order chi connectivity index (χ0) is 14.7. The molecule has 0 N–H and O–H groups in total. The van der Waals surface area contributed by atoms with Crippen LogP contribution in [0.15, 0.2) is 41.8 Å². The Kier molecular flexibility index (Phi) is 4.24. The third kappa shape index (κ3) is 3.26. The molecule has 0 spiro atoms. The van der Waals surface area contributed by atoms with Crippen molar-refractivity contribution in [2.24, 2.45) is 0 Å². The lowest BCUT2D eigenvalue weighted by molar-refractivity contribution is -0.129. The third-order valence-electron chi connectivity index (χ3n) is 3.54. The highest BCUT2D eigenvalue weighted by atomic mass is 32.2. The fraction of sp³-hybridized carbons (Fsp3) is 0.400. The van der Waals surface area contributed by atoms with Crippen molar-refractivity contribution < 1.29 is 4.79 Å². The highest BCUT2D eigenvalue weighted by molar-refractivity contribution is 8.00. The highest BCUT2D eigenvalue weighted by Crippen LogP contribution is 2.23. The molecule has 1 amide bonds. The van der Waals surface area contributed by atoms with Gasteiger partial charge in [-0.15, -0.1) is 5.10 Å². The molecule has 1 aliphatic rings. The number of amides is 1. The normalized spacial score (nSPS) is 16.1. The molecule has 5 nitrogen and oxygen atoms in total. The summed E-state index contributed by atoms with van der Waals surface area (Å²) < 4.78 is 1.73. The zero-order valence-corrected chi connectivity index (χ0v) is 12.8. The molecule has 2 aromatic rings. The summed E-state index contributed by atoms with van der Waals surface area (Å²) in [5.74, 6) is 0.188. The number of hydrogen-bond donors (Lipinski definition) is 0. The van der Waals surface area contributed by atoms with Gasteiger partial charge in [-0.3, -0.25) is 4.79 Å². The van der Waals surface area contributed by atoms with Crippen molar-refractivity contribution in [1.82, 2.24) is 19.7 Å². The van der Waals surface area contributed by atoms with Gasteiger partial charge in [-0.1, -0.05) is 30.0 Å². The van der Waals surface area contributed by atoms with Crippen molar-refractivity contribution in [1.29, 1.82) is 0 Å². The number of thioether (sulfide) groups is 1. The van der Waals surface area contributed by atoms with Crippen LogP contribution in [0.3, 0.4) is 0 Å². The molecule has 1 aromatic heterocycles. The maximum absolute atomic E-state index is 12.3. The molecular formula is C15H18N4OS. The minimum Gasteiger partial charge on any atom is -0.342 e. The number of hydrogen-bond acceptors (Lipinski definition) is 4. The lowest BCUT2D eigenvalue weighted by Gasteiger charge is -2.18. The van der Waals surface area contributed by atoms with Gasteiger partial charge in [-0.05, 0) is 31.9 Å². The second-order valence-corrected chi connectivity index (χ2v) is 6.41. The van der Waals surface area contributed by atoms with E-state index in [0.717, 1.165) is 31.6 Å². The summed E-state index contributed by atoms with van der Waals surface area (Å²) in [7, 11) is 0. The number of nitrogens with zero attached hydrogens (tertiary/aromatic N) is 4. The molecule has 110 valence electrons. The number of para-hydroxylation sites is 1. The Balaban J connectivity index is 1.65. The molecule has 0 radical (unpaired) electrons. The van der Waals surface area contributed by atoms with Crippen LogP contribution in [0.1, 0.15) is 19.8 Å². The first-order chi connectivity index (χ1) is 10.2. The molecule has 0 bridgehead atoms. The molecule has 1 atom stereocenters. The van der Waals surface area contributed by atoms with E-state index in [1.165, 1.54) is 11.8 Å². The van der Waals surface area contributed by atoms with Crippen molar-refractivity contribution in [2.45, 2.75) is 30.2 Å². The van der Waals surface area contributed by atoms with E-state index in [-0.39, 0.29) is 11.2 Å². The second-order valence-electron chi connectivity index (χ2n) is 5.10. The molecule has 1 saturated heterocycles. The fourth-order valence-corrected chi connectivity index (χ4v) is 3.22. The van der Waals surface area contributed by atoms with Crippen molar-refractivity contribution >= 4 is 17.7 Å². The summed E-state index contributed by atoms with van der Waals surface area (Å²) in [6.45, 7) is 3.69. The van der Waals surface area contributed by atoms with E-state index in [9.17, 15) is 4.79 Å². The number of carbonyl (C=O) groups is 1. The van der Waals surface area contributed by atoms with Crippen LogP contribution in [0.5, 0.6) is 0 Å². The smallest absolute Gasteiger partial charge is 0.235 e. The fourth-order valence-electron chi connectivity index (χ4n) is 2.41. The number of rotatable bonds is 4. The Morgan fingerprint density at radius 3 is 2.67 bits per heavy atom. The molecule has 1 fully saturated rings. The van der Waals surface area contributed by atoms with Gasteiger partial charge >= 0.3 is 0 Å². The van der Waals surface area contributed by atoms with Crippen molar-refractivity contribution in [3.63, 3.8) is 0 Å². The van der Waals surface area contributed by atoms with Gasteiger partial charge in [-0.2, -0.15) is 0 Å². The van der Waals surface area contributed by atoms with Gasteiger partial charge in [0, 0.05) is 13.1 Å². The largest absolute Gasteiger partial charge is 0.342 e. The molecule has 21 heavy (non-hydrogen) atoms. The van der Waals surface area contributed by atoms with Gasteiger partial charge < -0.3 is 4.90 Å². The average Bonchev–Trinajstić information content (AvgIpc) is 3.19. The average molecular weight is 302 g/mol. The van der Waals surface area contributed by atoms with Crippen LogP contribution in [0.25, 0.3) is 5.69 Å². The third-order valence-corrected chi connectivity index (χ3v) is 4.49. The van der Waals surface area contributed by atoms with Crippen LogP contribution in [0, 0.1) is 0 Å². The SMILES string of the molecule is CC(Sc1ncn(-c2ccccc2)n1)C(=O)N1CCCC1. The van der Waals surface area contributed by atoms with Gasteiger partial charge in [0.1, 0.15) is 6.33 Å². The lowest BCUT2D eigenvalue weighted by Crippen LogP contribution is -2.34. The topological polar surface area (TPSA) is 51.0 Å². The first kappa shape index (κ1) is 14.1. The Labute approximate surface area is 128 Å². The van der Waals surface area contributed by atoms with Gasteiger partial charge in [0.25, 0.3) is 0 Å². The first-order valence-electron chi connectivity index (χ1n) is 7.16. The highest BCUT2D eigenvalue weighted by Gasteiger charge is 2.24. The molecule has 2 heterocycles. The number of aromatic nitrogens is 3. The van der Waals surface area contributed by atoms with Crippen molar-refractivity contribution in [3.05, 3.63) is 36.7 Å². The molecule has 3 rings (SSSR count). The van der Waals surface area contributed by atoms with Crippen LogP contribution in [-0.2, 0) is 4.79 Å².